The van der Waals surface area contributed by atoms with Gasteiger partial charge in [0, 0.05) is 12.1 Å². The summed E-state index contributed by atoms with van der Waals surface area (Å²) in [4.78, 5) is 4.35. The number of fused-ring (bicyclic) bond motifs is 1. The van der Waals surface area contributed by atoms with E-state index in [1.54, 1.807) is 4.57 Å². The molecule has 0 spiro atoms. The molecular formula is C13H10Cl2FN3O. The van der Waals surface area contributed by atoms with Gasteiger partial charge in [0.15, 0.2) is 5.76 Å². The number of hydrogen-bond donors (Lipinski definition) is 0. The first-order valence-corrected chi connectivity index (χ1v) is 6.82. The fraction of sp³-hybridized carbons (Fsp3) is 0.231. The maximum atomic E-state index is 13.6. The van der Waals surface area contributed by atoms with Gasteiger partial charge in [-0.05, 0) is 13.0 Å². The fourth-order valence-corrected chi connectivity index (χ4v) is 2.46. The van der Waals surface area contributed by atoms with E-state index in [1.165, 1.54) is 12.1 Å². The van der Waals surface area contributed by atoms with E-state index < -0.39 is 5.82 Å². The molecule has 0 atom stereocenters. The molecule has 1 aromatic carbocycles. The quantitative estimate of drug-likeness (QED) is 0.688. The van der Waals surface area contributed by atoms with E-state index in [-0.39, 0.29) is 10.9 Å². The summed E-state index contributed by atoms with van der Waals surface area (Å²) < 4.78 is 20.6. The first kappa shape index (κ1) is 13.4. The normalized spacial score (nSPS) is 11.4. The van der Waals surface area contributed by atoms with Gasteiger partial charge in [0.25, 0.3) is 0 Å². The highest BCUT2D eigenvalue weighted by Crippen LogP contribution is 2.25. The Morgan fingerprint density at radius 3 is 2.80 bits per heavy atom. The number of alkyl halides is 1. The lowest BCUT2D eigenvalue weighted by Gasteiger charge is -2.05. The van der Waals surface area contributed by atoms with Gasteiger partial charge in [-0.2, -0.15) is 0 Å². The van der Waals surface area contributed by atoms with Crippen molar-refractivity contribution in [1.29, 1.82) is 0 Å². The molecule has 104 valence electrons. The van der Waals surface area contributed by atoms with Crippen LogP contribution in [-0.4, -0.2) is 14.7 Å². The SMILES string of the molecule is Cc1cc(Cn2c(CCl)nc3cc(Cl)c(F)cc32)on1. The topological polar surface area (TPSA) is 43.9 Å². The monoisotopic (exact) mass is 313 g/mol. The number of benzene rings is 1. The Balaban J connectivity index is 2.14. The van der Waals surface area contributed by atoms with Crippen molar-refractivity contribution in [2.45, 2.75) is 19.3 Å². The van der Waals surface area contributed by atoms with Gasteiger partial charge in [-0.1, -0.05) is 16.8 Å². The number of aromatic nitrogens is 3. The lowest BCUT2D eigenvalue weighted by atomic mass is 10.3. The molecule has 0 saturated carbocycles. The zero-order chi connectivity index (χ0) is 14.3. The number of rotatable bonds is 3. The molecule has 0 fully saturated rings. The van der Waals surface area contributed by atoms with Crippen LogP contribution in [-0.2, 0) is 12.4 Å². The van der Waals surface area contributed by atoms with E-state index in [1.807, 2.05) is 13.0 Å². The molecule has 0 aliphatic heterocycles. The summed E-state index contributed by atoms with van der Waals surface area (Å²) in [7, 11) is 0. The third kappa shape index (κ3) is 2.27. The summed E-state index contributed by atoms with van der Waals surface area (Å²) in [5.74, 6) is 0.997. The molecule has 0 unspecified atom stereocenters. The average Bonchev–Trinajstić information content (AvgIpc) is 2.96. The second-order valence-corrected chi connectivity index (χ2v) is 5.11. The first-order chi connectivity index (χ1) is 9.58. The van der Waals surface area contributed by atoms with E-state index in [2.05, 4.69) is 10.1 Å². The predicted molar refractivity (Wildman–Crippen MR) is 74.6 cm³/mol. The smallest absolute Gasteiger partial charge is 0.156 e. The lowest BCUT2D eigenvalue weighted by Crippen LogP contribution is -2.03. The standard InChI is InChI=1S/C13H10Cl2FN3O/c1-7-2-8(20-18-7)6-19-12-4-10(16)9(15)3-11(12)17-13(19)5-14/h2-4H,5-6H2,1H3. The molecule has 0 aliphatic rings. The molecule has 0 bridgehead atoms. The molecule has 4 nitrogen and oxygen atoms in total. The van der Waals surface area contributed by atoms with Crippen LogP contribution >= 0.6 is 23.2 Å². The van der Waals surface area contributed by atoms with Crippen LogP contribution < -0.4 is 0 Å². The molecule has 0 saturated heterocycles. The Morgan fingerprint density at radius 1 is 1.35 bits per heavy atom. The van der Waals surface area contributed by atoms with Crippen molar-refractivity contribution in [3.05, 3.63) is 46.3 Å². The first-order valence-electron chi connectivity index (χ1n) is 5.91. The molecule has 2 aromatic heterocycles. The maximum absolute atomic E-state index is 13.6. The highest BCUT2D eigenvalue weighted by Gasteiger charge is 2.15. The van der Waals surface area contributed by atoms with Crippen molar-refractivity contribution in [3.63, 3.8) is 0 Å². The van der Waals surface area contributed by atoms with E-state index >= 15 is 0 Å². The third-order valence-electron chi connectivity index (χ3n) is 2.98. The number of aryl methyl sites for hydroxylation is 1. The Morgan fingerprint density at radius 2 is 2.15 bits per heavy atom. The van der Waals surface area contributed by atoms with Crippen molar-refractivity contribution in [2.75, 3.05) is 0 Å². The van der Waals surface area contributed by atoms with Crippen LogP contribution in [0.5, 0.6) is 0 Å². The average molecular weight is 314 g/mol. The number of nitrogens with zero attached hydrogens (tertiary/aromatic N) is 3. The summed E-state index contributed by atoms with van der Waals surface area (Å²) in [5, 5.41) is 3.87. The molecule has 0 amide bonds. The summed E-state index contributed by atoms with van der Waals surface area (Å²) in [6.07, 6.45) is 0. The maximum Gasteiger partial charge on any atom is 0.156 e. The second-order valence-electron chi connectivity index (χ2n) is 4.44. The van der Waals surface area contributed by atoms with E-state index in [0.29, 0.717) is 29.2 Å². The van der Waals surface area contributed by atoms with E-state index in [4.69, 9.17) is 27.7 Å². The van der Waals surface area contributed by atoms with Crippen LogP contribution in [0.2, 0.25) is 5.02 Å². The van der Waals surface area contributed by atoms with E-state index in [9.17, 15) is 4.39 Å². The molecule has 2 heterocycles. The van der Waals surface area contributed by atoms with Crippen molar-refractivity contribution in [1.82, 2.24) is 14.7 Å². The van der Waals surface area contributed by atoms with Crippen LogP contribution in [0.3, 0.4) is 0 Å². The van der Waals surface area contributed by atoms with Gasteiger partial charge in [-0.3, -0.25) is 0 Å². The third-order valence-corrected chi connectivity index (χ3v) is 3.51. The molecule has 7 heteroatoms. The minimum Gasteiger partial charge on any atom is -0.359 e. The van der Waals surface area contributed by atoms with Gasteiger partial charge in [-0.15, -0.1) is 11.6 Å². The molecule has 3 rings (SSSR count). The second kappa shape index (κ2) is 5.07. The Kier molecular flexibility index (Phi) is 3.40. The minimum absolute atomic E-state index is 0.0405. The van der Waals surface area contributed by atoms with Gasteiger partial charge in [0.05, 0.1) is 34.2 Å². The summed E-state index contributed by atoms with van der Waals surface area (Å²) >= 11 is 11.7. The van der Waals surface area contributed by atoms with Crippen LogP contribution in [0.25, 0.3) is 11.0 Å². The van der Waals surface area contributed by atoms with E-state index in [0.717, 1.165) is 5.69 Å². The van der Waals surface area contributed by atoms with Gasteiger partial charge in [-0.25, -0.2) is 9.37 Å². The predicted octanol–water partition coefficient (Wildman–Crippen LogP) is 3.91. The van der Waals surface area contributed by atoms with Gasteiger partial charge < -0.3 is 9.09 Å². The lowest BCUT2D eigenvalue weighted by molar-refractivity contribution is 0.373. The zero-order valence-corrected chi connectivity index (χ0v) is 12.0. The number of halogens is 3. The Hall–Kier alpha value is -1.59. The fourth-order valence-electron chi connectivity index (χ4n) is 2.10. The number of imidazole rings is 1. The van der Waals surface area contributed by atoms with Crippen molar-refractivity contribution in [2.24, 2.45) is 0 Å². The summed E-state index contributed by atoms with van der Waals surface area (Å²) in [6, 6.07) is 4.66. The zero-order valence-electron chi connectivity index (χ0n) is 10.5. The van der Waals surface area contributed by atoms with Crippen molar-refractivity contribution in [3.8, 4) is 0 Å². The summed E-state index contributed by atoms with van der Waals surface area (Å²) in [6.45, 7) is 2.22. The van der Waals surface area contributed by atoms with Gasteiger partial charge >= 0.3 is 0 Å². The van der Waals surface area contributed by atoms with Gasteiger partial charge in [0.1, 0.15) is 11.6 Å². The van der Waals surface area contributed by atoms with Crippen LogP contribution in [0, 0.1) is 12.7 Å². The van der Waals surface area contributed by atoms with Crippen LogP contribution in [0.4, 0.5) is 4.39 Å². The molecule has 0 radical (unpaired) electrons. The minimum atomic E-state index is -0.491. The molecule has 0 aliphatic carbocycles. The Bertz CT molecular complexity index is 781. The highest BCUT2D eigenvalue weighted by molar-refractivity contribution is 6.31. The highest BCUT2D eigenvalue weighted by atomic mass is 35.5. The van der Waals surface area contributed by atoms with Crippen LogP contribution in [0.15, 0.2) is 22.7 Å². The molecule has 0 N–H and O–H groups in total. The number of hydrogen-bond acceptors (Lipinski definition) is 3. The van der Waals surface area contributed by atoms with Gasteiger partial charge in [0.2, 0.25) is 0 Å². The van der Waals surface area contributed by atoms with Crippen molar-refractivity contribution >= 4 is 34.2 Å². The van der Waals surface area contributed by atoms with Crippen molar-refractivity contribution < 1.29 is 8.91 Å². The molecule has 3 aromatic rings. The Labute approximate surface area is 124 Å². The summed E-state index contributed by atoms with van der Waals surface area (Å²) in [5.41, 5.74) is 2.01. The van der Waals surface area contributed by atoms with Crippen LogP contribution in [0.1, 0.15) is 17.3 Å². The molecular weight excluding hydrogens is 304 g/mol. The largest absolute Gasteiger partial charge is 0.359 e. The molecule has 20 heavy (non-hydrogen) atoms.